The Morgan fingerprint density at radius 3 is 2.52 bits per heavy atom. The second kappa shape index (κ2) is 8.39. The van der Waals surface area contributed by atoms with Crippen LogP contribution >= 0.6 is 0 Å². The van der Waals surface area contributed by atoms with Crippen LogP contribution in [0, 0.1) is 10.1 Å². The summed E-state index contributed by atoms with van der Waals surface area (Å²) in [5, 5.41) is 20.1. The molecule has 0 aromatic heterocycles. The molecular formula is C16H23NO4. The van der Waals surface area contributed by atoms with Gasteiger partial charge in [-0.3, -0.25) is 10.1 Å². The molecule has 0 aliphatic carbocycles. The number of rotatable bonds is 9. The molecule has 116 valence electrons. The van der Waals surface area contributed by atoms with Gasteiger partial charge in [0.2, 0.25) is 0 Å². The highest BCUT2D eigenvalue weighted by Crippen LogP contribution is 2.29. The number of carbonyl (C=O) groups is 1. The Morgan fingerprint density at radius 2 is 1.95 bits per heavy atom. The highest BCUT2D eigenvalue weighted by molar-refractivity contribution is 5.90. The van der Waals surface area contributed by atoms with Crippen molar-refractivity contribution in [2.45, 2.75) is 58.3 Å². The number of nitrogens with zero attached hydrogens (tertiary/aromatic N) is 1. The third-order valence-electron chi connectivity index (χ3n) is 3.75. The number of nitro groups is 1. The van der Waals surface area contributed by atoms with E-state index in [1.165, 1.54) is 37.5 Å². The molecule has 0 saturated heterocycles. The van der Waals surface area contributed by atoms with Crippen molar-refractivity contribution in [2.75, 3.05) is 0 Å². The van der Waals surface area contributed by atoms with Crippen molar-refractivity contribution in [3.05, 3.63) is 39.4 Å². The minimum absolute atomic E-state index is 0.0117. The highest BCUT2D eigenvalue weighted by Gasteiger charge is 2.19. The van der Waals surface area contributed by atoms with Crippen LogP contribution in [0.4, 0.5) is 5.69 Å². The predicted octanol–water partition coefficient (Wildman–Crippen LogP) is 4.76. The number of benzene rings is 1. The van der Waals surface area contributed by atoms with Crippen molar-refractivity contribution in [3.8, 4) is 0 Å². The van der Waals surface area contributed by atoms with Crippen LogP contribution in [-0.2, 0) is 0 Å². The van der Waals surface area contributed by atoms with Gasteiger partial charge in [-0.15, -0.1) is 0 Å². The number of hydrogen-bond acceptors (Lipinski definition) is 3. The topological polar surface area (TPSA) is 80.4 Å². The van der Waals surface area contributed by atoms with Gasteiger partial charge < -0.3 is 5.11 Å². The van der Waals surface area contributed by atoms with Gasteiger partial charge in [0.05, 0.1) is 10.5 Å². The van der Waals surface area contributed by atoms with Crippen molar-refractivity contribution >= 4 is 11.7 Å². The second-order valence-corrected chi connectivity index (χ2v) is 5.44. The van der Waals surface area contributed by atoms with Gasteiger partial charge in [0.1, 0.15) is 0 Å². The smallest absolute Gasteiger partial charge is 0.335 e. The summed E-state index contributed by atoms with van der Waals surface area (Å²) in [6.07, 6.45) is 6.57. The van der Waals surface area contributed by atoms with Crippen LogP contribution in [0.5, 0.6) is 0 Å². The Kier molecular flexibility index (Phi) is 6.85. The number of carboxylic acid groups (broad SMARTS) is 1. The molecule has 0 bridgehead atoms. The molecular weight excluding hydrogens is 270 g/mol. The average Bonchev–Trinajstić information content (AvgIpc) is 2.46. The van der Waals surface area contributed by atoms with Gasteiger partial charge in [0.15, 0.2) is 0 Å². The van der Waals surface area contributed by atoms with E-state index in [1.807, 2.05) is 6.92 Å². The predicted molar refractivity (Wildman–Crippen MR) is 81.8 cm³/mol. The molecule has 0 saturated carbocycles. The molecule has 1 aromatic carbocycles. The summed E-state index contributed by atoms with van der Waals surface area (Å²) in [6, 6.07) is 3.99. The molecule has 5 nitrogen and oxygen atoms in total. The molecule has 5 heteroatoms. The number of unbranched alkanes of at least 4 members (excludes halogenated alkanes) is 4. The molecule has 1 rings (SSSR count). The van der Waals surface area contributed by atoms with Crippen molar-refractivity contribution in [1.82, 2.24) is 0 Å². The van der Waals surface area contributed by atoms with E-state index in [1.54, 1.807) is 0 Å². The molecule has 0 amide bonds. The molecule has 0 spiro atoms. The summed E-state index contributed by atoms with van der Waals surface area (Å²) >= 11 is 0. The molecule has 0 aliphatic heterocycles. The van der Waals surface area contributed by atoms with E-state index < -0.39 is 10.9 Å². The minimum Gasteiger partial charge on any atom is -0.478 e. The van der Waals surface area contributed by atoms with Crippen molar-refractivity contribution in [2.24, 2.45) is 0 Å². The molecule has 1 unspecified atom stereocenters. The third kappa shape index (κ3) is 5.17. The second-order valence-electron chi connectivity index (χ2n) is 5.44. The Balaban J connectivity index is 2.80. The van der Waals surface area contributed by atoms with E-state index in [0.29, 0.717) is 5.56 Å². The van der Waals surface area contributed by atoms with Crippen LogP contribution in [0.2, 0.25) is 0 Å². The molecule has 0 radical (unpaired) electrons. The van der Waals surface area contributed by atoms with Crippen LogP contribution in [-0.4, -0.2) is 16.0 Å². The van der Waals surface area contributed by atoms with Crippen molar-refractivity contribution in [3.63, 3.8) is 0 Å². The summed E-state index contributed by atoms with van der Waals surface area (Å²) in [5.74, 6) is -1.02. The van der Waals surface area contributed by atoms with Gasteiger partial charge in [-0.05, 0) is 24.0 Å². The van der Waals surface area contributed by atoms with Crippen LogP contribution in [0.25, 0.3) is 0 Å². The van der Waals surface area contributed by atoms with Crippen LogP contribution in [0.15, 0.2) is 18.2 Å². The quantitative estimate of drug-likeness (QED) is 0.404. The SMILES string of the molecule is CCCCCCCC(C)c1cc([N+](=O)[O-])ccc1C(=O)O. The number of aromatic carboxylic acids is 1. The minimum atomic E-state index is -1.03. The fourth-order valence-electron chi connectivity index (χ4n) is 2.48. The first-order valence-corrected chi connectivity index (χ1v) is 7.49. The van der Waals surface area contributed by atoms with Crippen LogP contribution in [0.1, 0.15) is 74.2 Å². The normalized spacial score (nSPS) is 12.1. The summed E-state index contributed by atoms with van der Waals surface area (Å²) in [6.45, 7) is 4.09. The number of hydrogen-bond donors (Lipinski definition) is 1. The summed E-state index contributed by atoms with van der Waals surface area (Å²) in [4.78, 5) is 21.6. The maximum absolute atomic E-state index is 11.3. The standard InChI is InChI=1S/C16H23NO4/c1-3-4-5-6-7-8-12(2)15-11-13(17(20)21)9-10-14(15)16(18)19/h9-12H,3-8H2,1-2H3,(H,18,19). The van der Waals surface area contributed by atoms with E-state index in [2.05, 4.69) is 6.92 Å². The molecule has 1 atom stereocenters. The lowest BCUT2D eigenvalue weighted by Gasteiger charge is -2.14. The van der Waals surface area contributed by atoms with Crippen molar-refractivity contribution < 1.29 is 14.8 Å². The maximum Gasteiger partial charge on any atom is 0.335 e. The fraction of sp³-hybridized carbons (Fsp3) is 0.562. The summed E-state index contributed by atoms with van der Waals surface area (Å²) in [7, 11) is 0. The van der Waals surface area contributed by atoms with Gasteiger partial charge in [-0.1, -0.05) is 46.0 Å². The molecule has 0 fully saturated rings. The lowest BCUT2D eigenvalue weighted by atomic mass is 9.90. The molecule has 1 N–H and O–H groups in total. The van der Waals surface area contributed by atoms with E-state index in [-0.39, 0.29) is 17.2 Å². The van der Waals surface area contributed by atoms with E-state index in [9.17, 15) is 20.0 Å². The van der Waals surface area contributed by atoms with Gasteiger partial charge in [0, 0.05) is 12.1 Å². The highest BCUT2D eigenvalue weighted by atomic mass is 16.6. The Hall–Kier alpha value is -1.91. The molecule has 0 aliphatic rings. The third-order valence-corrected chi connectivity index (χ3v) is 3.75. The Bertz CT molecular complexity index is 499. The number of non-ortho nitro benzene ring substituents is 1. The van der Waals surface area contributed by atoms with E-state index >= 15 is 0 Å². The summed E-state index contributed by atoms with van der Waals surface area (Å²) in [5.41, 5.74) is 0.682. The van der Waals surface area contributed by atoms with E-state index in [0.717, 1.165) is 19.3 Å². The van der Waals surface area contributed by atoms with Crippen LogP contribution < -0.4 is 0 Å². The number of nitro benzene ring substituents is 1. The zero-order chi connectivity index (χ0) is 15.8. The first kappa shape index (κ1) is 17.1. The molecule has 1 aromatic rings. The zero-order valence-electron chi connectivity index (χ0n) is 12.7. The Labute approximate surface area is 125 Å². The van der Waals surface area contributed by atoms with Crippen LogP contribution in [0.3, 0.4) is 0 Å². The monoisotopic (exact) mass is 293 g/mol. The zero-order valence-corrected chi connectivity index (χ0v) is 12.7. The van der Waals surface area contributed by atoms with E-state index in [4.69, 9.17) is 0 Å². The Morgan fingerprint density at radius 1 is 1.29 bits per heavy atom. The molecule has 21 heavy (non-hydrogen) atoms. The largest absolute Gasteiger partial charge is 0.478 e. The van der Waals surface area contributed by atoms with Gasteiger partial charge in [-0.2, -0.15) is 0 Å². The lowest BCUT2D eigenvalue weighted by Crippen LogP contribution is -2.06. The van der Waals surface area contributed by atoms with Crippen molar-refractivity contribution in [1.29, 1.82) is 0 Å². The first-order valence-electron chi connectivity index (χ1n) is 7.49. The summed E-state index contributed by atoms with van der Waals surface area (Å²) < 4.78 is 0. The average molecular weight is 293 g/mol. The number of carboxylic acids is 1. The maximum atomic E-state index is 11.3. The first-order chi connectivity index (χ1) is 9.97. The fourth-order valence-corrected chi connectivity index (χ4v) is 2.48. The lowest BCUT2D eigenvalue weighted by molar-refractivity contribution is -0.384. The van der Waals surface area contributed by atoms with Gasteiger partial charge in [-0.25, -0.2) is 4.79 Å². The molecule has 0 heterocycles. The van der Waals surface area contributed by atoms with Gasteiger partial charge in [0.25, 0.3) is 5.69 Å². The van der Waals surface area contributed by atoms with Gasteiger partial charge >= 0.3 is 5.97 Å².